The Kier molecular flexibility index (Phi) is 3.88. The van der Waals surface area contributed by atoms with Gasteiger partial charge < -0.3 is 0 Å². The molecule has 2 nitrogen and oxygen atoms in total. The normalized spacial score (nSPS) is 57.2. The van der Waals surface area contributed by atoms with Crippen LogP contribution >= 0.6 is 17.9 Å². The zero-order valence-electron chi connectivity index (χ0n) is 12.0. The van der Waals surface area contributed by atoms with E-state index in [-0.39, 0.29) is 0 Å². The third-order valence-corrected chi connectivity index (χ3v) is 30.1. The Morgan fingerprint density at radius 2 is 1.26 bits per heavy atom. The van der Waals surface area contributed by atoms with Gasteiger partial charge in [-0.25, -0.2) is 0 Å². The SMILES string of the molecule is C[C@@H]1CC[C@@H]2[S][Sn]3([NH][C@@H]2C1)[NH][C@@H]1C[C@@H](C)CC[C@H]1[S]3. The molecule has 19 heavy (non-hydrogen) atoms. The van der Waals surface area contributed by atoms with Crippen molar-refractivity contribution < 1.29 is 0 Å². The van der Waals surface area contributed by atoms with E-state index in [1.165, 1.54) is 38.5 Å². The van der Waals surface area contributed by atoms with Crippen LogP contribution in [0.15, 0.2) is 0 Å². The summed E-state index contributed by atoms with van der Waals surface area (Å²) < 4.78 is 8.39. The molecule has 2 aliphatic carbocycles. The van der Waals surface area contributed by atoms with Crippen LogP contribution in [0.4, 0.5) is 0 Å². The van der Waals surface area contributed by atoms with E-state index in [2.05, 4.69) is 38.8 Å². The van der Waals surface area contributed by atoms with Crippen LogP contribution in [0.1, 0.15) is 52.4 Å². The summed E-state index contributed by atoms with van der Waals surface area (Å²) in [4.78, 5) is 0. The van der Waals surface area contributed by atoms with Gasteiger partial charge in [-0.1, -0.05) is 0 Å². The molecule has 0 bridgehead atoms. The number of hydrogen-bond acceptors (Lipinski definition) is 4. The summed E-state index contributed by atoms with van der Waals surface area (Å²) in [6, 6.07) is 1.70. The first kappa shape index (κ1) is 14.0. The van der Waals surface area contributed by atoms with Crippen molar-refractivity contribution in [1.82, 2.24) is 7.08 Å². The van der Waals surface area contributed by atoms with E-state index in [1.54, 1.807) is 0 Å². The topological polar surface area (TPSA) is 24.1 Å². The first-order chi connectivity index (χ1) is 9.13. The molecule has 0 aromatic carbocycles. The Bertz CT molecular complexity index is 333. The molecule has 1 spiro atoms. The predicted molar refractivity (Wildman–Crippen MR) is 88.4 cm³/mol. The summed E-state index contributed by atoms with van der Waals surface area (Å²) in [6.45, 7) is 4.89. The molecule has 2 saturated heterocycles. The Hall–Kier alpha value is 1.42. The summed E-state index contributed by atoms with van der Waals surface area (Å²) in [5.41, 5.74) is 0. The second-order valence-corrected chi connectivity index (χ2v) is 28.1. The molecular weight excluding hydrogens is 379 g/mol. The van der Waals surface area contributed by atoms with Crippen LogP contribution < -0.4 is 7.08 Å². The van der Waals surface area contributed by atoms with Gasteiger partial charge >= 0.3 is 128 Å². The van der Waals surface area contributed by atoms with Gasteiger partial charge in [-0.05, 0) is 0 Å². The van der Waals surface area contributed by atoms with Crippen LogP contribution in [0.2, 0.25) is 0 Å². The molecule has 2 saturated carbocycles. The summed E-state index contributed by atoms with van der Waals surface area (Å²) in [5, 5.41) is 1.90. The Morgan fingerprint density at radius 3 is 1.74 bits per heavy atom. The van der Waals surface area contributed by atoms with Crippen molar-refractivity contribution in [3.63, 3.8) is 0 Å². The molecular formula is C14H26N2S2Sn. The molecule has 7 atom stereocenters. The third kappa shape index (κ3) is 2.62. The van der Waals surface area contributed by atoms with E-state index in [0.29, 0.717) is 0 Å². The summed E-state index contributed by atoms with van der Waals surface area (Å²) in [7, 11) is 4.85. The van der Waals surface area contributed by atoms with Gasteiger partial charge in [0.2, 0.25) is 0 Å². The molecule has 5 heteroatoms. The maximum absolute atomic E-state index is 4.19. The second-order valence-electron chi connectivity index (χ2n) is 7.27. The number of hydrogen-bond donors (Lipinski definition) is 2. The number of fused-ring (bicyclic) bond motifs is 2. The average molecular weight is 405 g/mol. The summed E-state index contributed by atoms with van der Waals surface area (Å²) in [5.74, 6) is 1.90. The van der Waals surface area contributed by atoms with Crippen molar-refractivity contribution in [2.24, 2.45) is 11.8 Å². The average Bonchev–Trinajstić information content (AvgIpc) is 2.87. The maximum atomic E-state index is 4.19. The predicted octanol–water partition coefficient (Wildman–Crippen LogP) is 3.21. The van der Waals surface area contributed by atoms with Gasteiger partial charge in [0, 0.05) is 0 Å². The fourth-order valence-electron chi connectivity index (χ4n) is 4.41. The van der Waals surface area contributed by atoms with Gasteiger partial charge in [-0.3, -0.25) is 0 Å². The first-order valence-electron chi connectivity index (χ1n) is 8.04. The van der Waals surface area contributed by atoms with E-state index in [9.17, 15) is 0 Å². The molecule has 4 rings (SSSR count). The Labute approximate surface area is 127 Å². The van der Waals surface area contributed by atoms with Crippen molar-refractivity contribution in [3.8, 4) is 0 Å². The van der Waals surface area contributed by atoms with Crippen LogP contribution in [0.3, 0.4) is 0 Å². The molecule has 2 aliphatic heterocycles. The van der Waals surface area contributed by atoms with Gasteiger partial charge in [-0.2, -0.15) is 0 Å². The zero-order valence-corrected chi connectivity index (χ0v) is 16.5. The third-order valence-electron chi connectivity index (χ3n) is 5.48. The van der Waals surface area contributed by atoms with Crippen LogP contribution in [-0.2, 0) is 0 Å². The monoisotopic (exact) mass is 406 g/mol. The van der Waals surface area contributed by atoms with Gasteiger partial charge in [-0.15, -0.1) is 0 Å². The number of nitrogens with one attached hydrogen (secondary N) is 2. The first-order valence-corrected chi connectivity index (χ1v) is 19.6. The van der Waals surface area contributed by atoms with Crippen LogP contribution in [0.25, 0.3) is 0 Å². The fraction of sp³-hybridized carbons (Fsp3) is 1.00. The minimum absolute atomic E-state index is 0.849. The Morgan fingerprint density at radius 1 is 0.789 bits per heavy atom. The van der Waals surface area contributed by atoms with E-state index < -0.39 is 16.2 Å². The second kappa shape index (κ2) is 5.25. The van der Waals surface area contributed by atoms with E-state index in [0.717, 1.165) is 34.4 Å². The number of rotatable bonds is 0. The van der Waals surface area contributed by atoms with Crippen molar-refractivity contribution in [2.75, 3.05) is 0 Å². The molecule has 0 amide bonds. The minimum atomic E-state index is -2.28. The molecule has 4 fully saturated rings. The molecule has 2 heterocycles. The van der Waals surface area contributed by atoms with Crippen LogP contribution in [0.5, 0.6) is 0 Å². The zero-order chi connectivity index (χ0) is 13.0. The van der Waals surface area contributed by atoms with E-state index in [1.807, 2.05) is 0 Å². The van der Waals surface area contributed by atoms with Crippen molar-refractivity contribution >= 4 is 34.0 Å². The van der Waals surface area contributed by atoms with E-state index in [4.69, 9.17) is 0 Å². The van der Waals surface area contributed by atoms with Crippen molar-refractivity contribution in [3.05, 3.63) is 0 Å². The van der Waals surface area contributed by atoms with Gasteiger partial charge in [0.05, 0.1) is 0 Å². The van der Waals surface area contributed by atoms with E-state index >= 15 is 0 Å². The molecule has 0 aromatic heterocycles. The molecule has 1 unspecified atom stereocenters. The summed E-state index contributed by atoms with van der Waals surface area (Å²) in [6.07, 6.45) is 8.74. The van der Waals surface area contributed by atoms with Gasteiger partial charge in [0.1, 0.15) is 0 Å². The van der Waals surface area contributed by atoms with Gasteiger partial charge in [0.15, 0.2) is 0 Å². The molecule has 2 N–H and O–H groups in total. The molecule has 0 radical (unpaired) electrons. The van der Waals surface area contributed by atoms with Crippen molar-refractivity contribution in [2.45, 2.75) is 75.0 Å². The quantitative estimate of drug-likeness (QED) is 0.605. The van der Waals surface area contributed by atoms with Crippen molar-refractivity contribution in [1.29, 1.82) is 0 Å². The molecule has 0 aromatic rings. The fourth-order valence-corrected chi connectivity index (χ4v) is 37.4. The van der Waals surface area contributed by atoms with Crippen LogP contribution in [-0.4, -0.2) is 38.7 Å². The molecule has 4 aliphatic rings. The molecule has 108 valence electrons. The van der Waals surface area contributed by atoms with Gasteiger partial charge in [0.25, 0.3) is 0 Å². The Balaban J connectivity index is 1.48. The summed E-state index contributed by atoms with van der Waals surface area (Å²) >= 11 is -2.28. The van der Waals surface area contributed by atoms with Crippen LogP contribution in [0, 0.1) is 11.8 Å². The standard InChI is InChI=1S/2C7H14NS.Sn/c2*1-5-2-3-7(9)6(8)4-5;/h2*5-9H,2-4H2,1H3;/q2*-1;+4/p-2/t5-,6+,7+;5-,6-,7+;/m01./s1.